The molecule has 6 N–H and O–H groups in total. The molecule has 150 valence electrons. The second-order valence-electron chi connectivity index (χ2n) is 10.7. The van der Waals surface area contributed by atoms with Crippen molar-refractivity contribution in [2.24, 2.45) is 28.6 Å². The number of rotatable bonds is 0. The Morgan fingerprint density at radius 2 is 1.42 bits per heavy atom. The van der Waals surface area contributed by atoms with E-state index < -0.39 is 51.9 Å². The van der Waals surface area contributed by atoms with Crippen LogP contribution in [0.5, 0.6) is 0 Å². The fourth-order valence-corrected chi connectivity index (χ4v) is 7.80. The second kappa shape index (κ2) is 5.02. The number of hydrogen-bond acceptors (Lipinski definition) is 6. The van der Waals surface area contributed by atoms with Crippen molar-refractivity contribution in [3.05, 3.63) is 0 Å². The van der Waals surface area contributed by atoms with Gasteiger partial charge in [-0.1, -0.05) is 13.8 Å². The molecule has 0 unspecified atom stereocenters. The average molecular weight is 370 g/mol. The van der Waals surface area contributed by atoms with Crippen molar-refractivity contribution in [2.45, 2.75) is 94.9 Å². The van der Waals surface area contributed by atoms with Crippen molar-refractivity contribution in [1.29, 1.82) is 0 Å². The van der Waals surface area contributed by atoms with Gasteiger partial charge in [-0.15, -0.1) is 0 Å². The lowest BCUT2D eigenvalue weighted by Crippen LogP contribution is -2.60. The van der Waals surface area contributed by atoms with Gasteiger partial charge in [0.15, 0.2) is 0 Å². The van der Waals surface area contributed by atoms with Crippen LogP contribution in [0.2, 0.25) is 0 Å². The standard InChI is InChI=1S/C20H34O6/c1-16(2)13(21)7-12-18(4,25)11-6-5-10-15(23)19(11,9-17(10,3)24)8-14(22)20(12,16)26/h10-15,21-26H,5-9H2,1-4H3/t10-,11+,12+,13-,14-,15+,17-,18-,19+,20+/m1/s1. The van der Waals surface area contributed by atoms with Gasteiger partial charge < -0.3 is 30.6 Å². The summed E-state index contributed by atoms with van der Waals surface area (Å²) >= 11 is 0. The molecule has 4 fully saturated rings. The molecule has 6 heteroatoms. The van der Waals surface area contributed by atoms with E-state index in [-0.39, 0.29) is 24.7 Å². The van der Waals surface area contributed by atoms with Crippen LogP contribution in [0.25, 0.3) is 0 Å². The molecule has 4 rings (SSSR count). The molecule has 0 amide bonds. The monoisotopic (exact) mass is 370 g/mol. The quantitative estimate of drug-likeness (QED) is 0.361. The van der Waals surface area contributed by atoms with E-state index in [0.29, 0.717) is 19.3 Å². The molecule has 4 saturated carbocycles. The van der Waals surface area contributed by atoms with Gasteiger partial charge in [0.1, 0.15) is 5.60 Å². The summed E-state index contributed by atoms with van der Waals surface area (Å²) in [6.07, 6.45) is -1.01. The van der Waals surface area contributed by atoms with Gasteiger partial charge in [-0.3, -0.25) is 0 Å². The lowest BCUT2D eigenvalue weighted by molar-refractivity contribution is -0.201. The molecular weight excluding hydrogens is 336 g/mol. The number of fused-ring (bicyclic) bond motifs is 2. The minimum Gasteiger partial charge on any atom is -0.392 e. The molecule has 0 radical (unpaired) electrons. The van der Waals surface area contributed by atoms with Crippen LogP contribution in [0.1, 0.15) is 59.8 Å². The minimum atomic E-state index is -1.66. The van der Waals surface area contributed by atoms with Gasteiger partial charge in [0.05, 0.1) is 29.5 Å². The Morgan fingerprint density at radius 1 is 0.808 bits per heavy atom. The molecule has 0 saturated heterocycles. The fourth-order valence-electron chi connectivity index (χ4n) is 7.80. The number of hydrogen-bond donors (Lipinski definition) is 6. The molecule has 4 aliphatic rings. The van der Waals surface area contributed by atoms with E-state index in [1.807, 2.05) is 0 Å². The van der Waals surface area contributed by atoms with Gasteiger partial charge in [0.25, 0.3) is 0 Å². The van der Waals surface area contributed by atoms with Crippen LogP contribution in [0.3, 0.4) is 0 Å². The molecule has 1 spiro atoms. The van der Waals surface area contributed by atoms with Crippen LogP contribution in [0.15, 0.2) is 0 Å². The van der Waals surface area contributed by atoms with Gasteiger partial charge in [-0.25, -0.2) is 0 Å². The normalized spacial score (nSPS) is 63.9. The highest BCUT2D eigenvalue weighted by molar-refractivity contribution is 5.25. The number of aliphatic hydroxyl groups excluding tert-OH is 3. The predicted molar refractivity (Wildman–Crippen MR) is 94.0 cm³/mol. The molecule has 0 aromatic carbocycles. The molecule has 4 aliphatic carbocycles. The lowest BCUT2D eigenvalue weighted by atomic mass is 9.57. The summed E-state index contributed by atoms with van der Waals surface area (Å²) in [5.74, 6) is -1.34. The van der Waals surface area contributed by atoms with Crippen molar-refractivity contribution in [3.8, 4) is 0 Å². The van der Waals surface area contributed by atoms with E-state index in [4.69, 9.17) is 0 Å². The number of aliphatic hydroxyl groups is 6. The van der Waals surface area contributed by atoms with Gasteiger partial charge in [0.2, 0.25) is 0 Å². The second-order valence-corrected chi connectivity index (χ2v) is 10.7. The third-order valence-electron chi connectivity index (χ3n) is 9.26. The zero-order chi connectivity index (χ0) is 19.5. The Labute approximate surface area is 154 Å². The zero-order valence-electron chi connectivity index (χ0n) is 16.2. The van der Waals surface area contributed by atoms with E-state index in [1.165, 1.54) is 0 Å². The minimum absolute atomic E-state index is 0.116. The molecule has 10 atom stereocenters. The van der Waals surface area contributed by atoms with Crippen LogP contribution >= 0.6 is 0 Å². The summed E-state index contributed by atoms with van der Waals surface area (Å²) in [7, 11) is 0. The zero-order valence-corrected chi connectivity index (χ0v) is 16.2. The Kier molecular flexibility index (Phi) is 3.69. The average Bonchev–Trinajstić information content (AvgIpc) is 2.72. The Hall–Kier alpha value is -0.240. The summed E-state index contributed by atoms with van der Waals surface area (Å²) < 4.78 is 0. The van der Waals surface area contributed by atoms with Gasteiger partial charge in [-0.05, 0) is 51.9 Å². The summed E-state index contributed by atoms with van der Waals surface area (Å²) in [5.41, 5.74) is -5.91. The van der Waals surface area contributed by atoms with Crippen LogP contribution in [0.4, 0.5) is 0 Å². The molecule has 26 heavy (non-hydrogen) atoms. The Morgan fingerprint density at radius 3 is 2.04 bits per heavy atom. The maximum Gasteiger partial charge on any atom is 0.104 e. The predicted octanol–water partition coefficient (Wildman–Crippen LogP) is 0.168. The van der Waals surface area contributed by atoms with Crippen molar-refractivity contribution >= 4 is 0 Å². The van der Waals surface area contributed by atoms with Crippen molar-refractivity contribution in [1.82, 2.24) is 0 Å². The van der Waals surface area contributed by atoms with Crippen LogP contribution in [-0.2, 0) is 0 Å². The molecule has 2 bridgehead atoms. The third-order valence-corrected chi connectivity index (χ3v) is 9.26. The first kappa shape index (κ1) is 19.1. The van der Waals surface area contributed by atoms with Crippen LogP contribution in [-0.4, -0.2) is 65.8 Å². The summed E-state index contributed by atoms with van der Waals surface area (Å²) in [6.45, 7) is 6.87. The smallest absolute Gasteiger partial charge is 0.104 e. The highest BCUT2D eigenvalue weighted by Gasteiger charge is 2.76. The first-order chi connectivity index (χ1) is 11.7. The molecule has 0 aliphatic heterocycles. The third kappa shape index (κ3) is 1.89. The van der Waals surface area contributed by atoms with Crippen LogP contribution in [0, 0.1) is 28.6 Å². The first-order valence-corrected chi connectivity index (χ1v) is 9.94. The summed E-state index contributed by atoms with van der Waals surface area (Å²) in [5, 5.41) is 67.1. The molecule has 0 heterocycles. The van der Waals surface area contributed by atoms with Gasteiger partial charge in [0, 0.05) is 22.7 Å². The highest BCUT2D eigenvalue weighted by Crippen LogP contribution is 2.69. The Balaban J connectivity index is 1.89. The largest absolute Gasteiger partial charge is 0.392 e. The maximum absolute atomic E-state index is 11.7. The molecule has 0 aromatic rings. The Bertz CT molecular complexity index is 615. The molecule has 0 aromatic heterocycles. The van der Waals surface area contributed by atoms with E-state index in [2.05, 4.69) is 0 Å². The van der Waals surface area contributed by atoms with Crippen molar-refractivity contribution in [3.63, 3.8) is 0 Å². The molecule has 6 nitrogen and oxygen atoms in total. The van der Waals surface area contributed by atoms with E-state index in [0.717, 1.165) is 0 Å². The SMILES string of the molecule is CC1(C)[C@H](O)C[C@H]2[C@](C)(O)[C@@H]3CC[C@@H]4[C@H](O)[C@@]3(C[C@@H](O)[C@@]21O)C[C@@]4(C)O. The highest BCUT2D eigenvalue weighted by atomic mass is 16.4. The van der Waals surface area contributed by atoms with E-state index in [9.17, 15) is 30.6 Å². The van der Waals surface area contributed by atoms with Gasteiger partial charge >= 0.3 is 0 Å². The molecular formula is C20H34O6. The summed E-state index contributed by atoms with van der Waals surface area (Å²) in [6, 6.07) is 0. The van der Waals surface area contributed by atoms with Gasteiger partial charge in [-0.2, -0.15) is 0 Å². The van der Waals surface area contributed by atoms with E-state index >= 15 is 0 Å². The summed E-state index contributed by atoms with van der Waals surface area (Å²) in [4.78, 5) is 0. The van der Waals surface area contributed by atoms with Crippen molar-refractivity contribution < 1.29 is 30.6 Å². The van der Waals surface area contributed by atoms with E-state index in [1.54, 1.807) is 27.7 Å². The van der Waals surface area contributed by atoms with Crippen LogP contribution < -0.4 is 0 Å². The lowest BCUT2D eigenvalue weighted by Gasteiger charge is -2.51. The fraction of sp³-hybridized carbons (Fsp3) is 1.00. The maximum atomic E-state index is 11.7. The van der Waals surface area contributed by atoms with Crippen molar-refractivity contribution in [2.75, 3.05) is 0 Å². The first-order valence-electron chi connectivity index (χ1n) is 9.94. The topological polar surface area (TPSA) is 121 Å².